The number of thioether (sulfide) groups is 1. The van der Waals surface area contributed by atoms with Crippen molar-refractivity contribution >= 4 is 57.6 Å². The summed E-state index contributed by atoms with van der Waals surface area (Å²) < 4.78 is 51.0. The quantitative estimate of drug-likeness (QED) is 0.105. The Labute approximate surface area is 271 Å². The molecule has 4 aromatic carbocycles. The molecule has 1 saturated heterocycles. The molecular weight excluding hydrogens is 643 g/mol. The second-order valence-corrected chi connectivity index (χ2v) is 11.5. The molecule has 1 amide bonds. The number of hydrogen-bond acceptors (Lipinski definition) is 7. The Kier molecular flexibility index (Phi) is 9.40. The smallest absolute Gasteiger partial charge is 0.416 e. The maximum Gasteiger partial charge on any atom is 0.416 e. The molecule has 0 aliphatic carbocycles. The highest BCUT2D eigenvalue weighted by Gasteiger charge is 2.36. The van der Waals surface area contributed by atoms with Crippen molar-refractivity contribution in [2.75, 3.05) is 11.5 Å². The first-order valence-electron chi connectivity index (χ1n) is 13.8. The maximum absolute atomic E-state index is 13.8. The van der Waals surface area contributed by atoms with Crippen LogP contribution in [-0.4, -0.2) is 22.6 Å². The van der Waals surface area contributed by atoms with Gasteiger partial charge in [-0.1, -0.05) is 47.0 Å². The first-order chi connectivity index (χ1) is 21.8. The predicted molar refractivity (Wildman–Crippen MR) is 173 cm³/mol. The minimum atomic E-state index is -4.79. The van der Waals surface area contributed by atoms with Gasteiger partial charge in [0.15, 0.2) is 16.7 Å². The monoisotopic (exact) mass is 667 g/mol. The zero-order chi connectivity index (χ0) is 33.2. The number of hydrogen-bond donors (Lipinski definition) is 0. The van der Waals surface area contributed by atoms with Gasteiger partial charge in [-0.3, -0.25) is 19.8 Å². The van der Waals surface area contributed by atoms with Gasteiger partial charge in [-0.2, -0.15) is 13.2 Å². The van der Waals surface area contributed by atoms with E-state index in [9.17, 15) is 28.1 Å². The van der Waals surface area contributed by atoms with E-state index in [1.165, 1.54) is 28.8 Å². The molecule has 1 aliphatic rings. The van der Waals surface area contributed by atoms with E-state index >= 15 is 0 Å². The van der Waals surface area contributed by atoms with Crippen LogP contribution in [0.1, 0.15) is 29.2 Å². The number of aryl methyl sites for hydroxylation is 2. The van der Waals surface area contributed by atoms with Gasteiger partial charge in [0, 0.05) is 6.07 Å². The molecule has 46 heavy (non-hydrogen) atoms. The summed E-state index contributed by atoms with van der Waals surface area (Å²) in [6.45, 7) is 5.74. The van der Waals surface area contributed by atoms with Gasteiger partial charge in [0.1, 0.15) is 0 Å². The zero-order valence-electron chi connectivity index (χ0n) is 24.6. The molecule has 1 aliphatic heterocycles. The summed E-state index contributed by atoms with van der Waals surface area (Å²) in [5.74, 6) is -0.856. The third kappa shape index (κ3) is 7.19. The van der Waals surface area contributed by atoms with Crippen LogP contribution in [0.5, 0.6) is 17.2 Å². The Hall–Kier alpha value is -4.81. The summed E-state index contributed by atoms with van der Waals surface area (Å²) >= 11 is 7.72. The fourth-order valence-corrected chi connectivity index (χ4v) is 5.68. The molecule has 0 bridgehead atoms. The Morgan fingerprint density at radius 3 is 2.24 bits per heavy atom. The molecule has 0 unspecified atom stereocenters. The van der Waals surface area contributed by atoms with Crippen LogP contribution in [0.4, 0.5) is 30.2 Å². The molecule has 0 spiro atoms. The molecule has 0 N–H and O–H groups in total. The third-order valence-corrected chi connectivity index (χ3v) is 7.93. The first kappa shape index (κ1) is 32.6. The van der Waals surface area contributed by atoms with Gasteiger partial charge < -0.3 is 9.47 Å². The van der Waals surface area contributed by atoms with Gasteiger partial charge in [0.05, 0.1) is 38.4 Å². The number of nitro groups is 1. The number of rotatable bonds is 8. The number of halogens is 4. The summed E-state index contributed by atoms with van der Waals surface area (Å²) in [5.41, 5.74) is 1.74. The summed E-state index contributed by atoms with van der Waals surface area (Å²) in [4.78, 5) is 31.0. The number of aliphatic imine (C=N–C) groups is 1. The average molecular weight is 668 g/mol. The summed E-state index contributed by atoms with van der Waals surface area (Å²) in [7, 11) is 0. The predicted octanol–water partition coefficient (Wildman–Crippen LogP) is 9.88. The molecule has 0 atom stereocenters. The molecule has 0 aromatic heterocycles. The van der Waals surface area contributed by atoms with Gasteiger partial charge in [0.25, 0.3) is 5.91 Å². The van der Waals surface area contributed by atoms with Crippen LogP contribution in [-0.2, 0) is 11.0 Å². The highest BCUT2D eigenvalue weighted by Crippen LogP contribution is 2.45. The second-order valence-electron chi connectivity index (χ2n) is 10.1. The van der Waals surface area contributed by atoms with Crippen molar-refractivity contribution in [3.8, 4) is 17.2 Å². The Bertz CT molecular complexity index is 1880. The molecule has 236 valence electrons. The number of nitrogens with zero attached hydrogens (tertiary/aromatic N) is 3. The molecule has 4 aromatic rings. The fourth-order valence-electron chi connectivity index (χ4n) is 4.42. The van der Waals surface area contributed by atoms with E-state index in [1.54, 1.807) is 13.0 Å². The fraction of sp³-hybridized carbons (Fsp3) is 0.152. The molecule has 0 radical (unpaired) electrons. The van der Waals surface area contributed by atoms with E-state index in [2.05, 4.69) is 0 Å². The highest BCUT2D eigenvalue weighted by molar-refractivity contribution is 8.19. The van der Waals surface area contributed by atoms with Gasteiger partial charge in [0.2, 0.25) is 5.75 Å². The van der Waals surface area contributed by atoms with Crippen LogP contribution in [0.25, 0.3) is 6.08 Å². The Morgan fingerprint density at radius 2 is 1.63 bits per heavy atom. The average Bonchev–Trinajstić information content (AvgIpc) is 3.29. The van der Waals surface area contributed by atoms with Crippen molar-refractivity contribution in [1.29, 1.82) is 0 Å². The SMILES string of the molecule is CCOc1cc(/C=C2\SC(=Nc3ccc(C)cc3)N(c3ccc(C)cc3)C2=O)cc(Cl)c1Oc1ccc(C(F)(F)F)cc1[N+](=O)[O-]. The van der Waals surface area contributed by atoms with Crippen molar-refractivity contribution in [3.63, 3.8) is 0 Å². The number of benzene rings is 4. The third-order valence-electron chi connectivity index (χ3n) is 6.68. The minimum absolute atomic E-state index is 0.0496. The number of alkyl halides is 3. The summed E-state index contributed by atoms with van der Waals surface area (Å²) in [6.07, 6.45) is -3.19. The second kappa shape index (κ2) is 13.3. The van der Waals surface area contributed by atoms with E-state index < -0.39 is 28.1 Å². The summed E-state index contributed by atoms with van der Waals surface area (Å²) in [5, 5.41) is 12.0. The first-order valence-corrected chi connectivity index (χ1v) is 15.0. The minimum Gasteiger partial charge on any atom is -0.490 e. The van der Waals surface area contributed by atoms with E-state index in [0.717, 1.165) is 17.2 Å². The molecular formula is C33H25ClF3N3O5S. The molecule has 1 heterocycles. The standard InChI is InChI=1S/C33H25ClF3N3O5S/c1-4-44-28-16-21(15-25(34)30(28)45-27-14-9-22(33(35,36)37)18-26(27)40(42)43)17-29-31(41)39(24-12-7-20(3)8-13-24)32(46-29)38-23-10-5-19(2)6-11-23/h5-18H,4H2,1-3H3/b29-17-,38-32?. The molecule has 0 saturated carbocycles. The van der Waals surface area contributed by atoms with Crippen LogP contribution in [0.2, 0.25) is 5.02 Å². The van der Waals surface area contributed by atoms with Crippen LogP contribution in [0.15, 0.2) is 88.8 Å². The van der Waals surface area contributed by atoms with E-state index in [4.69, 9.17) is 26.1 Å². The number of carbonyl (C=O) groups excluding carboxylic acids is 1. The van der Waals surface area contributed by atoms with Crippen LogP contribution >= 0.6 is 23.4 Å². The Morgan fingerprint density at radius 1 is 0.978 bits per heavy atom. The normalized spacial score (nSPS) is 15.1. The Balaban J connectivity index is 1.53. The van der Waals surface area contributed by atoms with E-state index in [-0.39, 0.29) is 29.0 Å². The lowest BCUT2D eigenvalue weighted by Crippen LogP contribution is -2.28. The zero-order valence-corrected chi connectivity index (χ0v) is 26.2. The van der Waals surface area contributed by atoms with Gasteiger partial charge in [-0.05, 0) is 92.7 Å². The van der Waals surface area contributed by atoms with Crippen LogP contribution in [0, 0.1) is 24.0 Å². The molecule has 5 rings (SSSR count). The van der Waals surface area contributed by atoms with E-state index in [1.807, 2.05) is 62.4 Å². The van der Waals surface area contributed by atoms with Gasteiger partial charge >= 0.3 is 11.9 Å². The largest absolute Gasteiger partial charge is 0.490 e. The topological polar surface area (TPSA) is 94.3 Å². The van der Waals surface area contributed by atoms with Crippen molar-refractivity contribution in [3.05, 3.63) is 121 Å². The molecule has 13 heteroatoms. The van der Waals surface area contributed by atoms with Crippen LogP contribution < -0.4 is 14.4 Å². The number of amidine groups is 1. The number of nitro benzene ring substituents is 1. The van der Waals surface area contributed by atoms with Crippen molar-refractivity contribution in [2.24, 2.45) is 4.99 Å². The number of amides is 1. The molecule has 1 fully saturated rings. The van der Waals surface area contributed by atoms with Gasteiger partial charge in [-0.25, -0.2) is 4.99 Å². The summed E-state index contributed by atoms with van der Waals surface area (Å²) in [6, 6.07) is 19.9. The highest BCUT2D eigenvalue weighted by atomic mass is 35.5. The lowest BCUT2D eigenvalue weighted by atomic mass is 10.1. The number of carbonyl (C=O) groups is 1. The van der Waals surface area contributed by atoms with Gasteiger partial charge in [-0.15, -0.1) is 0 Å². The lowest BCUT2D eigenvalue weighted by Gasteiger charge is -2.16. The van der Waals surface area contributed by atoms with Crippen molar-refractivity contribution < 1.29 is 32.4 Å². The van der Waals surface area contributed by atoms with Crippen molar-refractivity contribution in [1.82, 2.24) is 0 Å². The lowest BCUT2D eigenvalue weighted by molar-refractivity contribution is -0.385. The number of anilines is 1. The van der Waals surface area contributed by atoms with Crippen molar-refractivity contribution in [2.45, 2.75) is 26.9 Å². The number of ether oxygens (including phenoxy) is 2. The van der Waals surface area contributed by atoms with Crippen LogP contribution in [0.3, 0.4) is 0 Å². The maximum atomic E-state index is 13.8. The molecule has 8 nitrogen and oxygen atoms in total. The van der Waals surface area contributed by atoms with E-state index in [0.29, 0.717) is 39.1 Å².